The van der Waals surface area contributed by atoms with Gasteiger partial charge in [0.1, 0.15) is 5.82 Å². The van der Waals surface area contributed by atoms with E-state index < -0.39 is 12.0 Å². The van der Waals surface area contributed by atoms with E-state index in [4.69, 9.17) is 0 Å². The number of nitrogens with zero attached hydrogens (tertiary/aromatic N) is 4. The quantitative estimate of drug-likeness (QED) is 0.859. The zero-order chi connectivity index (χ0) is 14.0. The number of rotatable bonds is 4. The smallest absolute Gasteiger partial charge is 0.327 e. The molecule has 1 N–H and O–H groups in total. The molecule has 106 valence electrons. The lowest BCUT2D eigenvalue weighted by molar-refractivity contribution is -0.144. The average molecular weight is 266 g/mol. The minimum atomic E-state index is -0.798. The first-order chi connectivity index (χ1) is 9.04. The van der Waals surface area contributed by atoms with Gasteiger partial charge in [0, 0.05) is 33.2 Å². The van der Waals surface area contributed by atoms with Crippen molar-refractivity contribution >= 4 is 5.97 Å². The van der Waals surface area contributed by atoms with E-state index in [0.717, 1.165) is 44.2 Å². The molecular weight excluding hydrogens is 244 g/mol. The molecule has 0 spiro atoms. The number of imidazole rings is 1. The van der Waals surface area contributed by atoms with Gasteiger partial charge in [0.25, 0.3) is 0 Å². The highest BCUT2D eigenvalue weighted by Gasteiger charge is 2.32. The maximum absolute atomic E-state index is 11.6. The molecule has 0 saturated carbocycles. The van der Waals surface area contributed by atoms with Crippen LogP contribution in [0.15, 0.2) is 6.20 Å². The molecular formula is C13H22N4O2. The molecule has 1 aromatic heterocycles. The minimum Gasteiger partial charge on any atom is -0.480 e. The topological polar surface area (TPSA) is 61.6 Å². The molecule has 1 atom stereocenters. The number of carbonyl (C=O) groups is 1. The number of likely N-dealkylation sites (N-methyl/N-ethyl adjacent to an activating group) is 1. The van der Waals surface area contributed by atoms with Crippen LogP contribution in [-0.4, -0.2) is 63.2 Å². The van der Waals surface area contributed by atoms with Gasteiger partial charge in [0.15, 0.2) is 6.04 Å². The SMILES string of the molecule is CCN1CCN(C(C(=O)O)c2cnc(C)n2C)CC1. The second-order valence-electron chi connectivity index (χ2n) is 5.00. The molecule has 1 aromatic rings. The van der Waals surface area contributed by atoms with E-state index in [1.54, 1.807) is 6.20 Å². The standard InChI is InChI=1S/C13H22N4O2/c1-4-16-5-7-17(8-6-16)12(13(18)19)11-9-14-10(2)15(11)3/h9,12H,4-8H2,1-3H3,(H,18,19). The number of carboxylic acids is 1. The molecule has 0 radical (unpaired) electrons. The van der Waals surface area contributed by atoms with E-state index in [9.17, 15) is 9.90 Å². The van der Waals surface area contributed by atoms with Crippen LogP contribution in [0.2, 0.25) is 0 Å². The number of aryl methyl sites for hydroxylation is 1. The Kier molecular flexibility index (Phi) is 4.21. The summed E-state index contributed by atoms with van der Waals surface area (Å²) >= 11 is 0. The first kappa shape index (κ1) is 14.0. The van der Waals surface area contributed by atoms with Gasteiger partial charge in [0.05, 0.1) is 11.9 Å². The summed E-state index contributed by atoms with van der Waals surface area (Å²) in [5.41, 5.74) is 0.759. The summed E-state index contributed by atoms with van der Waals surface area (Å²) in [7, 11) is 1.87. The minimum absolute atomic E-state index is 0.592. The molecule has 1 unspecified atom stereocenters. The van der Waals surface area contributed by atoms with Crippen LogP contribution in [0.4, 0.5) is 0 Å². The number of hydrogen-bond donors (Lipinski definition) is 1. The van der Waals surface area contributed by atoms with Gasteiger partial charge in [-0.25, -0.2) is 4.98 Å². The third-order valence-electron chi connectivity index (χ3n) is 3.99. The van der Waals surface area contributed by atoms with E-state index in [1.807, 2.05) is 23.4 Å². The Morgan fingerprint density at radius 3 is 2.47 bits per heavy atom. The van der Waals surface area contributed by atoms with Crippen molar-refractivity contribution in [1.82, 2.24) is 19.4 Å². The molecule has 1 fully saturated rings. The van der Waals surface area contributed by atoms with Gasteiger partial charge in [-0.05, 0) is 13.5 Å². The number of aromatic nitrogens is 2. The number of carboxylic acid groups (broad SMARTS) is 1. The monoisotopic (exact) mass is 266 g/mol. The number of piperazine rings is 1. The summed E-state index contributed by atoms with van der Waals surface area (Å²) in [4.78, 5) is 20.2. The van der Waals surface area contributed by atoms with Gasteiger partial charge in [-0.15, -0.1) is 0 Å². The molecule has 6 nitrogen and oxygen atoms in total. The van der Waals surface area contributed by atoms with Crippen molar-refractivity contribution in [1.29, 1.82) is 0 Å². The highest BCUT2D eigenvalue weighted by Crippen LogP contribution is 2.22. The van der Waals surface area contributed by atoms with Gasteiger partial charge >= 0.3 is 5.97 Å². The Bertz CT molecular complexity index is 449. The molecule has 1 saturated heterocycles. The Morgan fingerprint density at radius 2 is 2.05 bits per heavy atom. The third-order valence-corrected chi connectivity index (χ3v) is 3.99. The summed E-state index contributed by atoms with van der Waals surface area (Å²) in [5.74, 6) is 0.0430. The van der Waals surface area contributed by atoms with Crippen molar-refractivity contribution in [3.05, 3.63) is 17.7 Å². The predicted octanol–water partition coefficient (Wildman–Crippen LogP) is 0.492. The molecule has 2 rings (SSSR count). The van der Waals surface area contributed by atoms with Crippen molar-refractivity contribution in [2.24, 2.45) is 7.05 Å². The van der Waals surface area contributed by atoms with Crippen molar-refractivity contribution in [2.75, 3.05) is 32.7 Å². The van der Waals surface area contributed by atoms with Crippen LogP contribution in [0.25, 0.3) is 0 Å². The van der Waals surface area contributed by atoms with Gasteiger partial charge in [0.2, 0.25) is 0 Å². The van der Waals surface area contributed by atoms with Gasteiger partial charge in [-0.3, -0.25) is 9.69 Å². The average Bonchev–Trinajstić information content (AvgIpc) is 2.72. The second-order valence-corrected chi connectivity index (χ2v) is 5.00. The molecule has 1 aliphatic heterocycles. The van der Waals surface area contributed by atoms with E-state index in [1.165, 1.54) is 0 Å². The van der Waals surface area contributed by atoms with Crippen LogP contribution in [0, 0.1) is 6.92 Å². The largest absolute Gasteiger partial charge is 0.480 e. The highest BCUT2D eigenvalue weighted by atomic mass is 16.4. The Labute approximate surface area is 113 Å². The van der Waals surface area contributed by atoms with Crippen molar-refractivity contribution < 1.29 is 9.90 Å². The fourth-order valence-electron chi connectivity index (χ4n) is 2.58. The van der Waals surface area contributed by atoms with Crippen LogP contribution >= 0.6 is 0 Å². The zero-order valence-corrected chi connectivity index (χ0v) is 11.8. The molecule has 0 amide bonds. The van der Waals surface area contributed by atoms with E-state index >= 15 is 0 Å². The Balaban J connectivity index is 2.18. The van der Waals surface area contributed by atoms with Crippen molar-refractivity contribution in [3.63, 3.8) is 0 Å². The molecule has 19 heavy (non-hydrogen) atoms. The third kappa shape index (κ3) is 2.79. The summed E-state index contributed by atoms with van der Waals surface area (Å²) in [5, 5.41) is 9.54. The lowest BCUT2D eigenvalue weighted by atomic mass is 10.1. The van der Waals surface area contributed by atoms with Gasteiger partial charge in [-0.2, -0.15) is 0 Å². The first-order valence-electron chi connectivity index (χ1n) is 6.72. The molecule has 2 heterocycles. The summed E-state index contributed by atoms with van der Waals surface area (Å²) in [6.07, 6.45) is 1.68. The first-order valence-corrected chi connectivity index (χ1v) is 6.72. The molecule has 6 heteroatoms. The van der Waals surface area contributed by atoms with E-state index in [-0.39, 0.29) is 0 Å². The van der Waals surface area contributed by atoms with Crippen molar-refractivity contribution in [2.45, 2.75) is 19.9 Å². The zero-order valence-electron chi connectivity index (χ0n) is 11.8. The maximum Gasteiger partial charge on any atom is 0.327 e. The molecule has 0 aliphatic carbocycles. The fourth-order valence-corrected chi connectivity index (χ4v) is 2.58. The fraction of sp³-hybridized carbons (Fsp3) is 0.692. The lowest BCUT2D eigenvalue weighted by Crippen LogP contribution is -2.49. The predicted molar refractivity (Wildman–Crippen MR) is 72.0 cm³/mol. The molecule has 0 bridgehead atoms. The summed E-state index contributed by atoms with van der Waals surface area (Å²) < 4.78 is 1.87. The van der Waals surface area contributed by atoms with E-state index in [0.29, 0.717) is 0 Å². The highest BCUT2D eigenvalue weighted by molar-refractivity contribution is 5.75. The number of aliphatic carboxylic acids is 1. The molecule has 1 aliphatic rings. The summed E-state index contributed by atoms with van der Waals surface area (Å²) in [6.45, 7) is 8.47. The van der Waals surface area contributed by atoms with Crippen LogP contribution in [0.1, 0.15) is 24.5 Å². The lowest BCUT2D eigenvalue weighted by Gasteiger charge is -2.37. The van der Waals surface area contributed by atoms with Crippen LogP contribution in [0.5, 0.6) is 0 Å². The molecule has 0 aromatic carbocycles. The van der Waals surface area contributed by atoms with Crippen molar-refractivity contribution in [3.8, 4) is 0 Å². The van der Waals surface area contributed by atoms with Gasteiger partial charge < -0.3 is 14.6 Å². The van der Waals surface area contributed by atoms with E-state index in [2.05, 4.69) is 16.8 Å². The summed E-state index contributed by atoms with van der Waals surface area (Å²) in [6, 6.07) is -0.592. The second kappa shape index (κ2) is 5.71. The Morgan fingerprint density at radius 1 is 1.42 bits per heavy atom. The van der Waals surface area contributed by atoms with Crippen LogP contribution in [0.3, 0.4) is 0 Å². The van der Waals surface area contributed by atoms with Crippen LogP contribution in [-0.2, 0) is 11.8 Å². The Hall–Kier alpha value is -1.40. The van der Waals surface area contributed by atoms with Gasteiger partial charge in [-0.1, -0.05) is 6.92 Å². The normalized spacial score (nSPS) is 19.5. The number of hydrogen-bond acceptors (Lipinski definition) is 4. The van der Waals surface area contributed by atoms with Crippen LogP contribution < -0.4 is 0 Å². The maximum atomic E-state index is 11.6.